The summed E-state index contributed by atoms with van der Waals surface area (Å²) in [7, 11) is 0. The number of hydrogen-bond donors (Lipinski definition) is 3. The zero-order chi connectivity index (χ0) is 16.6. The molecule has 0 radical (unpaired) electrons. The average Bonchev–Trinajstić information content (AvgIpc) is 2.88. The molecule has 0 bridgehead atoms. The van der Waals surface area contributed by atoms with Crippen LogP contribution in [0, 0.1) is 12.3 Å². The van der Waals surface area contributed by atoms with Crippen molar-refractivity contribution < 1.29 is 14.3 Å². The molecular formula is C14H10ClN5O3. The van der Waals surface area contributed by atoms with Gasteiger partial charge in [-0.15, -0.1) is 0 Å². The fourth-order valence-corrected chi connectivity index (χ4v) is 2.33. The molecule has 3 rings (SSSR count). The molecule has 116 valence electrons. The van der Waals surface area contributed by atoms with E-state index in [0.717, 1.165) is 0 Å². The maximum Gasteiger partial charge on any atom is 0.410 e. The lowest BCUT2D eigenvalue weighted by Crippen LogP contribution is -2.29. The van der Waals surface area contributed by atoms with Crippen LogP contribution >= 0.6 is 11.6 Å². The van der Waals surface area contributed by atoms with Gasteiger partial charge < -0.3 is 9.52 Å². The first-order chi connectivity index (χ1) is 10.9. The van der Waals surface area contributed by atoms with Crippen molar-refractivity contribution in [3.05, 3.63) is 41.1 Å². The smallest absolute Gasteiger partial charge is 0.410 e. The van der Waals surface area contributed by atoms with Gasteiger partial charge in [-0.1, -0.05) is 11.6 Å². The number of benzene rings is 1. The monoisotopic (exact) mass is 331 g/mol. The molecule has 3 aromatic rings. The highest BCUT2D eigenvalue weighted by Gasteiger charge is 2.13. The Balaban J connectivity index is 2.05. The zero-order valence-electron chi connectivity index (χ0n) is 11.8. The van der Waals surface area contributed by atoms with Gasteiger partial charge in [-0.25, -0.2) is 19.7 Å². The second-order valence-corrected chi connectivity index (χ2v) is 5.04. The summed E-state index contributed by atoms with van der Waals surface area (Å²) in [5.74, 6) is 0.153. The Bertz CT molecular complexity index is 937. The number of fused-ring (bicyclic) bond motifs is 1. The number of amides is 1. The normalized spacial score (nSPS) is 10.7. The first-order valence-electron chi connectivity index (χ1n) is 6.42. The number of carbonyl (C=O) groups is 1. The molecule has 0 saturated carbocycles. The summed E-state index contributed by atoms with van der Waals surface area (Å²) in [5.41, 5.74) is 2.36. The fourth-order valence-electron chi connectivity index (χ4n) is 2.07. The Kier molecular flexibility index (Phi) is 3.67. The Labute approximate surface area is 134 Å². The lowest BCUT2D eigenvalue weighted by atomic mass is 10.1. The highest BCUT2D eigenvalue weighted by molar-refractivity contribution is 6.35. The number of hydrogen-bond acceptors (Lipinski definition) is 6. The lowest BCUT2D eigenvalue weighted by molar-refractivity contribution is 0.200. The van der Waals surface area contributed by atoms with Gasteiger partial charge in [-0.2, -0.15) is 0 Å². The van der Waals surface area contributed by atoms with Crippen LogP contribution in [0.15, 0.2) is 28.9 Å². The molecule has 0 atom stereocenters. The maximum absolute atomic E-state index is 10.6. The molecule has 1 aromatic carbocycles. The van der Waals surface area contributed by atoms with Crippen LogP contribution in [-0.4, -0.2) is 32.0 Å². The number of amidine groups is 1. The van der Waals surface area contributed by atoms with Gasteiger partial charge in [0.25, 0.3) is 0 Å². The predicted molar refractivity (Wildman–Crippen MR) is 82.8 cm³/mol. The van der Waals surface area contributed by atoms with Crippen LogP contribution in [0.3, 0.4) is 0 Å². The van der Waals surface area contributed by atoms with Crippen molar-refractivity contribution in [2.75, 3.05) is 0 Å². The van der Waals surface area contributed by atoms with E-state index in [4.69, 9.17) is 26.5 Å². The largest absolute Gasteiger partial charge is 0.465 e. The van der Waals surface area contributed by atoms with E-state index in [1.807, 2.05) is 5.32 Å². The van der Waals surface area contributed by atoms with E-state index in [9.17, 15) is 4.79 Å². The molecule has 0 fully saturated rings. The molecule has 0 aliphatic rings. The molecule has 1 amide bonds. The predicted octanol–water partition coefficient (Wildman–Crippen LogP) is 2.84. The molecule has 0 saturated heterocycles. The van der Waals surface area contributed by atoms with Gasteiger partial charge in [0, 0.05) is 12.5 Å². The third-order valence-electron chi connectivity index (χ3n) is 3.00. The van der Waals surface area contributed by atoms with E-state index in [1.165, 1.54) is 12.4 Å². The molecule has 0 aliphatic carbocycles. The minimum atomic E-state index is -1.34. The van der Waals surface area contributed by atoms with Crippen LogP contribution in [0.1, 0.15) is 11.6 Å². The molecule has 8 nitrogen and oxygen atoms in total. The van der Waals surface area contributed by atoms with Crippen molar-refractivity contribution in [2.45, 2.75) is 6.92 Å². The van der Waals surface area contributed by atoms with Crippen molar-refractivity contribution >= 4 is 34.6 Å². The molecule has 23 heavy (non-hydrogen) atoms. The summed E-state index contributed by atoms with van der Waals surface area (Å²) < 4.78 is 5.41. The van der Waals surface area contributed by atoms with Crippen LogP contribution in [0.5, 0.6) is 0 Å². The second kappa shape index (κ2) is 5.65. The molecule has 2 heterocycles. The first-order valence-corrected chi connectivity index (χ1v) is 6.80. The summed E-state index contributed by atoms with van der Waals surface area (Å²) in [6, 6.07) is 4.90. The molecule has 9 heteroatoms. The van der Waals surface area contributed by atoms with Gasteiger partial charge >= 0.3 is 6.09 Å². The van der Waals surface area contributed by atoms with Gasteiger partial charge in [-0.05, 0) is 18.2 Å². The van der Waals surface area contributed by atoms with Crippen LogP contribution in [0.4, 0.5) is 4.79 Å². The van der Waals surface area contributed by atoms with E-state index < -0.39 is 6.09 Å². The average molecular weight is 332 g/mol. The van der Waals surface area contributed by atoms with Crippen LogP contribution < -0.4 is 5.32 Å². The number of carboxylic acid groups (broad SMARTS) is 1. The quantitative estimate of drug-likeness (QED) is 0.489. The third-order valence-corrected chi connectivity index (χ3v) is 3.28. The molecule has 0 spiro atoms. The van der Waals surface area contributed by atoms with Gasteiger partial charge in [0.1, 0.15) is 17.5 Å². The highest BCUT2D eigenvalue weighted by Crippen LogP contribution is 2.30. The van der Waals surface area contributed by atoms with Crippen molar-refractivity contribution in [3.8, 4) is 11.3 Å². The van der Waals surface area contributed by atoms with Gasteiger partial charge in [0.05, 0.1) is 10.7 Å². The summed E-state index contributed by atoms with van der Waals surface area (Å²) in [4.78, 5) is 22.8. The fraction of sp³-hybridized carbons (Fsp3) is 0.0714. The standard InChI is InChI=1S/C14H10ClN5O3/c1-6-19-10-3-7(2-8(15)12(10)23-6)9-4-11(18-5-17-9)13(16)20-14(21)22/h2-5H,1H3,(H2,16,20)(H,21,22). The molecular weight excluding hydrogens is 322 g/mol. The third kappa shape index (κ3) is 2.97. The number of nitrogens with zero attached hydrogens (tertiary/aromatic N) is 3. The summed E-state index contributed by atoms with van der Waals surface area (Å²) in [5, 5.41) is 18.6. The van der Waals surface area contributed by atoms with Crippen molar-refractivity contribution in [1.82, 2.24) is 20.3 Å². The van der Waals surface area contributed by atoms with Crippen molar-refractivity contribution in [1.29, 1.82) is 5.41 Å². The molecule has 0 aliphatic heterocycles. The summed E-state index contributed by atoms with van der Waals surface area (Å²) in [6.45, 7) is 1.72. The topological polar surface area (TPSA) is 125 Å². The van der Waals surface area contributed by atoms with Crippen LogP contribution in [0.25, 0.3) is 22.4 Å². The van der Waals surface area contributed by atoms with Crippen molar-refractivity contribution in [3.63, 3.8) is 0 Å². The first kappa shape index (κ1) is 14.9. The zero-order valence-corrected chi connectivity index (χ0v) is 12.5. The van der Waals surface area contributed by atoms with Gasteiger partial charge in [-0.3, -0.25) is 10.7 Å². The van der Waals surface area contributed by atoms with Crippen LogP contribution in [-0.2, 0) is 0 Å². The van der Waals surface area contributed by atoms with E-state index in [-0.39, 0.29) is 11.5 Å². The van der Waals surface area contributed by atoms with E-state index in [1.54, 1.807) is 19.1 Å². The number of halogens is 1. The second-order valence-electron chi connectivity index (χ2n) is 4.63. The SMILES string of the molecule is Cc1nc2cc(-c3cc(C(=N)NC(=O)O)ncn3)cc(Cl)c2o1. The van der Waals surface area contributed by atoms with E-state index in [0.29, 0.717) is 33.3 Å². The Morgan fingerprint density at radius 2 is 2.13 bits per heavy atom. The Hall–Kier alpha value is -3.00. The Morgan fingerprint density at radius 1 is 1.35 bits per heavy atom. The minimum Gasteiger partial charge on any atom is -0.465 e. The van der Waals surface area contributed by atoms with Gasteiger partial charge in [0.2, 0.25) is 0 Å². The Morgan fingerprint density at radius 3 is 2.87 bits per heavy atom. The molecule has 2 aromatic heterocycles. The summed E-state index contributed by atoms with van der Waals surface area (Å²) in [6.07, 6.45) is -0.0905. The molecule has 0 unspecified atom stereocenters. The minimum absolute atomic E-state index is 0.143. The highest BCUT2D eigenvalue weighted by atomic mass is 35.5. The number of nitrogens with one attached hydrogen (secondary N) is 2. The molecule has 3 N–H and O–H groups in total. The number of aromatic nitrogens is 3. The summed E-state index contributed by atoms with van der Waals surface area (Å²) >= 11 is 6.19. The van der Waals surface area contributed by atoms with Crippen LogP contribution in [0.2, 0.25) is 5.02 Å². The van der Waals surface area contributed by atoms with Gasteiger partial charge in [0.15, 0.2) is 17.3 Å². The maximum atomic E-state index is 10.6. The number of rotatable bonds is 2. The lowest BCUT2D eigenvalue weighted by Gasteiger charge is -2.05. The number of oxazole rings is 1. The van der Waals surface area contributed by atoms with E-state index >= 15 is 0 Å². The van der Waals surface area contributed by atoms with Crippen molar-refractivity contribution in [2.24, 2.45) is 0 Å². The number of aryl methyl sites for hydroxylation is 1. The van der Waals surface area contributed by atoms with E-state index in [2.05, 4.69) is 15.0 Å².